The first-order valence-corrected chi connectivity index (χ1v) is 10.8. The van der Waals surface area contributed by atoms with E-state index < -0.39 is 0 Å². The average molecular weight is 389 g/mol. The number of benzene rings is 1. The Labute approximate surface area is 170 Å². The lowest BCUT2D eigenvalue weighted by molar-refractivity contribution is -0.139. The van der Waals surface area contributed by atoms with Crippen molar-refractivity contribution in [1.29, 1.82) is 0 Å². The number of piperidine rings is 1. The smallest absolute Gasteiger partial charge is 0.225 e. The molecular weight excluding hydrogens is 352 g/mol. The first-order chi connectivity index (χ1) is 13.7. The van der Waals surface area contributed by atoms with Gasteiger partial charge in [-0.2, -0.15) is 0 Å². The fourth-order valence-electron chi connectivity index (χ4n) is 4.31. The van der Waals surface area contributed by atoms with Gasteiger partial charge in [0.15, 0.2) is 0 Å². The second-order valence-corrected chi connectivity index (χ2v) is 8.41. The molecule has 2 aliphatic heterocycles. The predicted molar refractivity (Wildman–Crippen MR) is 111 cm³/mol. The number of carbonyl (C=O) groups excluding carboxylic acids is 1. The number of rotatable bonds is 8. The van der Waals surface area contributed by atoms with E-state index in [9.17, 15) is 4.79 Å². The monoisotopic (exact) mass is 388 g/mol. The van der Waals surface area contributed by atoms with E-state index in [1.54, 1.807) is 7.11 Å². The molecular formula is C23H36N2O3. The molecule has 5 nitrogen and oxygen atoms in total. The minimum Gasteiger partial charge on any atom is -0.383 e. The fourth-order valence-corrected chi connectivity index (χ4v) is 4.31. The summed E-state index contributed by atoms with van der Waals surface area (Å²) in [5.74, 6) is 1.25. The largest absolute Gasteiger partial charge is 0.383 e. The van der Waals surface area contributed by atoms with Crippen LogP contribution >= 0.6 is 0 Å². The first-order valence-electron chi connectivity index (χ1n) is 10.8. The quantitative estimate of drug-likeness (QED) is 0.687. The number of carbonyl (C=O) groups is 1. The van der Waals surface area contributed by atoms with E-state index in [1.807, 2.05) is 0 Å². The molecule has 0 radical (unpaired) electrons. The molecule has 1 aromatic carbocycles. The highest BCUT2D eigenvalue weighted by Gasteiger charge is 2.29. The lowest BCUT2D eigenvalue weighted by Gasteiger charge is -2.35. The number of ether oxygens (including phenoxy) is 2. The summed E-state index contributed by atoms with van der Waals surface area (Å²) in [6.45, 7) is 5.99. The third-order valence-electron chi connectivity index (χ3n) is 6.17. The summed E-state index contributed by atoms with van der Waals surface area (Å²) < 4.78 is 10.5. The third kappa shape index (κ3) is 6.29. The normalized spacial score (nSPS) is 19.3. The summed E-state index contributed by atoms with van der Waals surface area (Å²) in [7, 11) is 3.87. The van der Waals surface area contributed by atoms with Crippen LogP contribution in [0, 0.1) is 11.8 Å². The molecule has 2 saturated heterocycles. The van der Waals surface area contributed by atoms with E-state index in [0.29, 0.717) is 11.8 Å². The van der Waals surface area contributed by atoms with Crippen LogP contribution in [-0.2, 0) is 27.2 Å². The van der Waals surface area contributed by atoms with Crippen molar-refractivity contribution in [1.82, 2.24) is 9.80 Å². The number of methoxy groups -OCH3 is 1. The molecule has 0 aromatic heterocycles. The van der Waals surface area contributed by atoms with Crippen molar-refractivity contribution >= 4 is 5.91 Å². The van der Waals surface area contributed by atoms with Gasteiger partial charge in [-0.15, -0.1) is 0 Å². The van der Waals surface area contributed by atoms with E-state index >= 15 is 0 Å². The summed E-state index contributed by atoms with van der Waals surface area (Å²) in [6, 6.07) is 9.06. The van der Waals surface area contributed by atoms with Crippen LogP contribution in [-0.4, -0.2) is 69.3 Å². The molecule has 3 rings (SSSR count). The van der Waals surface area contributed by atoms with Crippen LogP contribution in [0.25, 0.3) is 0 Å². The van der Waals surface area contributed by atoms with Gasteiger partial charge in [-0.1, -0.05) is 24.3 Å². The zero-order valence-electron chi connectivity index (χ0n) is 17.6. The maximum atomic E-state index is 12.7. The minimum absolute atomic E-state index is 0.194. The molecule has 0 saturated carbocycles. The molecule has 0 atom stereocenters. The standard InChI is InChI=1S/C23H36N2O3/c1-24(13-16-27-2)18-21-5-3-19(4-6-21)17-20-7-11-25(12-8-20)23(26)22-9-14-28-15-10-22/h3-6,20,22H,7-18H2,1-2H3. The Kier molecular flexibility index (Phi) is 8.31. The second-order valence-electron chi connectivity index (χ2n) is 8.41. The van der Waals surface area contributed by atoms with E-state index in [1.165, 1.54) is 11.1 Å². The molecule has 28 heavy (non-hydrogen) atoms. The molecule has 2 fully saturated rings. The zero-order valence-corrected chi connectivity index (χ0v) is 17.6. The van der Waals surface area contributed by atoms with Crippen molar-refractivity contribution in [3.63, 3.8) is 0 Å². The Morgan fingerprint density at radius 2 is 1.75 bits per heavy atom. The van der Waals surface area contributed by atoms with Crippen LogP contribution < -0.4 is 0 Å². The van der Waals surface area contributed by atoms with Crippen molar-refractivity contribution < 1.29 is 14.3 Å². The molecule has 1 amide bonds. The summed E-state index contributed by atoms with van der Waals surface area (Å²) in [4.78, 5) is 17.1. The highest BCUT2D eigenvalue weighted by molar-refractivity contribution is 5.79. The van der Waals surface area contributed by atoms with Gasteiger partial charge in [0.05, 0.1) is 6.61 Å². The predicted octanol–water partition coefficient (Wildman–Crippen LogP) is 2.97. The second kappa shape index (κ2) is 10.9. The van der Waals surface area contributed by atoms with Crippen LogP contribution in [0.2, 0.25) is 0 Å². The van der Waals surface area contributed by atoms with E-state index in [0.717, 1.165) is 78.1 Å². The topological polar surface area (TPSA) is 42.0 Å². The molecule has 0 N–H and O–H groups in total. The van der Waals surface area contributed by atoms with Crippen molar-refractivity contribution in [3.8, 4) is 0 Å². The first kappa shape index (κ1) is 21.3. The van der Waals surface area contributed by atoms with Gasteiger partial charge in [0.25, 0.3) is 0 Å². The lowest BCUT2D eigenvalue weighted by Crippen LogP contribution is -2.43. The van der Waals surface area contributed by atoms with Crippen LogP contribution in [0.1, 0.15) is 36.8 Å². The Morgan fingerprint density at radius 3 is 2.39 bits per heavy atom. The minimum atomic E-state index is 0.194. The van der Waals surface area contributed by atoms with Crippen LogP contribution in [0.15, 0.2) is 24.3 Å². The van der Waals surface area contributed by atoms with Crippen molar-refractivity contribution in [2.45, 2.75) is 38.6 Å². The summed E-state index contributed by atoms with van der Waals surface area (Å²) in [5.41, 5.74) is 2.76. The van der Waals surface area contributed by atoms with Gasteiger partial charge in [0.2, 0.25) is 5.91 Å². The SMILES string of the molecule is COCCN(C)Cc1ccc(CC2CCN(C(=O)C3CCOCC3)CC2)cc1. The molecule has 1 aromatic rings. The van der Waals surface area contributed by atoms with Crippen LogP contribution in [0.4, 0.5) is 0 Å². The van der Waals surface area contributed by atoms with Gasteiger partial charge >= 0.3 is 0 Å². The number of hydrogen-bond donors (Lipinski definition) is 0. The highest BCUT2D eigenvalue weighted by atomic mass is 16.5. The number of amides is 1. The number of hydrogen-bond acceptors (Lipinski definition) is 4. The Bertz CT molecular complexity index is 590. The Balaban J connectivity index is 1.41. The van der Waals surface area contributed by atoms with Gasteiger partial charge in [0, 0.05) is 52.4 Å². The molecule has 2 heterocycles. The maximum Gasteiger partial charge on any atom is 0.225 e. The fraction of sp³-hybridized carbons (Fsp3) is 0.696. The highest BCUT2D eigenvalue weighted by Crippen LogP contribution is 2.25. The number of nitrogens with zero attached hydrogens (tertiary/aromatic N) is 2. The molecule has 5 heteroatoms. The van der Waals surface area contributed by atoms with Crippen LogP contribution in [0.5, 0.6) is 0 Å². The van der Waals surface area contributed by atoms with E-state index in [-0.39, 0.29) is 5.92 Å². The summed E-state index contributed by atoms with van der Waals surface area (Å²) >= 11 is 0. The number of likely N-dealkylation sites (tertiary alicyclic amines) is 1. The van der Waals surface area contributed by atoms with Crippen LogP contribution in [0.3, 0.4) is 0 Å². The lowest BCUT2D eigenvalue weighted by atomic mass is 9.89. The Hall–Kier alpha value is -1.43. The number of likely N-dealkylation sites (N-methyl/N-ethyl adjacent to an activating group) is 1. The van der Waals surface area contributed by atoms with E-state index in [2.05, 4.69) is 41.1 Å². The molecule has 0 bridgehead atoms. The molecule has 0 aliphatic carbocycles. The summed E-state index contributed by atoms with van der Waals surface area (Å²) in [6.07, 6.45) is 5.16. The van der Waals surface area contributed by atoms with Crippen molar-refractivity contribution in [2.24, 2.45) is 11.8 Å². The molecule has 2 aliphatic rings. The van der Waals surface area contributed by atoms with Crippen molar-refractivity contribution in [2.75, 3.05) is 53.6 Å². The summed E-state index contributed by atoms with van der Waals surface area (Å²) in [5, 5.41) is 0. The molecule has 0 spiro atoms. The van der Waals surface area contributed by atoms with Gasteiger partial charge in [-0.05, 0) is 56.2 Å². The van der Waals surface area contributed by atoms with Gasteiger partial charge in [-0.3, -0.25) is 9.69 Å². The molecule has 156 valence electrons. The third-order valence-corrected chi connectivity index (χ3v) is 6.17. The van der Waals surface area contributed by atoms with E-state index in [4.69, 9.17) is 9.47 Å². The maximum absolute atomic E-state index is 12.7. The molecule has 0 unspecified atom stereocenters. The van der Waals surface area contributed by atoms with Crippen molar-refractivity contribution in [3.05, 3.63) is 35.4 Å². The zero-order chi connectivity index (χ0) is 19.8. The van der Waals surface area contributed by atoms with Gasteiger partial charge < -0.3 is 14.4 Å². The Morgan fingerprint density at radius 1 is 1.11 bits per heavy atom. The average Bonchev–Trinajstić information content (AvgIpc) is 2.74. The van der Waals surface area contributed by atoms with Gasteiger partial charge in [0.1, 0.15) is 0 Å². The van der Waals surface area contributed by atoms with Gasteiger partial charge in [-0.25, -0.2) is 0 Å².